The minimum atomic E-state index is 0.0296. The van der Waals surface area contributed by atoms with Crippen LogP contribution in [0.25, 0.3) is 11.3 Å². The summed E-state index contributed by atoms with van der Waals surface area (Å²) in [6.45, 7) is 5.78. The minimum absolute atomic E-state index is 0.0296. The Morgan fingerprint density at radius 2 is 1.56 bits per heavy atom. The average Bonchev–Trinajstić information content (AvgIpc) is 3.41. The summed E-state index contributed by atoms with van der Waals surface area (Å²) in [4.78, 5) is 19.4. The van der Waals surface area contributed by atoms with Gasteiger partial charge < -0.3 is 4.90 Å². The molecule has 0 bridgehead atoms. The standard InChI is InChI=1S/C28H30N4OS/c33-28-24(21-26-13-7-20-34-26)22-27(23-9-3-1-4-10-23)29-32(28)15-8-14-30-16-18-31(19-17-30)25-11-5-2-6-12-25/h1-7,9-13,20,22H,8,14-19,21H2. The number of benzene rings is 2. The fourth-order valence-electron chi connectivity index (χ4n) is 4.54. The number of hydrogen-bond acceptors (Lipinski definition) is 5. The number of aromatic nitrogens is 2. The van der Waals surface area contributed by atoms with E-state index in [2.05, 4.69) is 63.7 Å². The SMILES string of the molecule is O=c1c(Cc2cccs2)cc(-c2ccccc2)nn1CCCN1CCN(c2ccccc2)CC1. The first kappa shape index (κ1) is 22.6. The van der Waals surface area contributed by atoms with Crippen LogP contribution in [0.4, 0.5) is 5.69 Å². The maximum Gasteiger partial charge on any atom is 0.270 e. The van der Waals surface area contributed by atoms with Gasteiger partial charge in [-0.3, -0.25) is 9.69 Å². The molecular formula is C28H30N4OS. The highest BCUT2D eigenvalue weighted by Crippen LogP contribution is 2.19. The van der Waals surface area contributed by atoms with Gasteiger partial charge in [0, 0.05) is 67.4 Å². The van der Waals surface area contributed by atoms with E-state index in [4.69, 9.17) is 5.10 Å². The molecule has 4 aromatic rings. The topological polar surface area (TPSA) is 41.4 Å². The molecule has 0 aliphatic carbocycles. The van der Waals surface area contributed by atoms with Gasteiger partial charge in [0.1, 0.15) is 0 Å². The van der Waals surface area contributed by atoms with E-state index in [1.54, 1.807) is 16.0 Å². The van der Waals surface area contributed by atoms with E-state index >= 15 is 0 Å². The summed E-state index contributed by atoms with van der Waals surface area (Å²) in [5.41, 5.74) is 4.05. The molecule has 2 aromatic carbocycles. The van der Waals surface area contributed by atoms with Crippen LogP contribution < -0.4 is 10.5 Å². The third kappa shape index (κ3) is 5.46. The predicted molar refractivity (Wildman–Crippen MR) is 141 cm³/mol. The van der Waals surface area contributed by atoms with Gasteiger partial charge in [0.2, 0.25) is 0 Å². The summed E-state index contributed by atoms with van der Waals surface area (Å²) in [5.74, 6) is 0. The Bertz CT molecular complexity index is 1230. The highest BCUT2D eigenvalue weighted by molar-refractivity contribution is 7.09. The van der Waals surface area contributed by atoms with Crippen LogP contribution in [0, 0.1) is 0 Å². The third-order valence-electron chi connectivity index (χ3n) is 6.40. The average molecular weight is 471 g/mol. The number of piperazine rings is 1. The molecule has 5 rings (SSSR count). The molecule has 0 amide bonds. The molecule has 1 aliphatic heterocycles. The Morgan fingerprint density at radius 1 is 0.824 bits per heavy atom. The van der Waals surface area contributed by atoms with Gasteiger partial charge in [-0.15, -0.1) is 11.3 Å². The van der Waals surface area contributed by atoms with Crippen molar-refractivity contribution in [3.8, 4) is 11.3 Å². The highest BCUT2D eigenvalue weighted by Gasteiger charge is 2.17. The van der Waals surface area contributed by atoms with Gasteiger partial charge >= 0.3 is 0 Å². The molecule has 1 aliphatic rings. The highest BCUT2D eigenvalue weighted by atomic mass is 32.1. The zero-order chi connectivity index (χ0) is 23.2. The zero-order valence-electron chi connectivity index (χ0n) is 19.3. The van der Waals surface area contributed by atoms with Crippen molar-refractivity contribution >= 4 is 17.0 Å². The predicted octanol–water partition coefficient (Wildman–Crippen LogP) is 4.77. The van der Waals surface area contributed by atoms with Crippen molar-refractivity contribution < 1.29 is 0 Å². The van der Waals surface area contributed by atoms with Gasteiger partial charge in [-0.2, -0.15) is 5.10 Å². The molecule has 0 N–H and O–H groups in total. The zero-order valence-corrected chi connectivity index (χ0v) is 20.2. The lowest BCUT2D eigenvalue weighted by Crippen LogP contribution is -2.46. The van der Waals surface area contributed by atoms with Crippen LogP contribution in [0.5, 0.6) is 0 Å². The molecule has 34 heavy (non-hydrogen) atoms. The second-order valence-corrected chi connectivity index (χ2v) is 9.76. The normalized spacial score (nSPS) is 14.4. The summed E-state index contributed by atoms with van der Waals surface area (Å²) in [7, 11) is 0. The largest absolute Gasteiger partial charge is 0.369 e. The molecular weight excluding hydrogens is 440 g/mol. The van der Waals surface area contributed by atoms with E-state index in [0.29, 0.717) is 13.0 Å². The van der Waals surface area contributed by atoms with E-state index in [1.807, 2.05) is 30.3 Å². The molecule has 174 valence electrons. The van der Waals surface area contributed by atoms with Crippen LogP contribution in [-0.4, -0.2) is 47.4 Å². The Hall–Kier alpha value is -3.22. The number of rotatable bonds is 8. The molecule has 0 radical (unpaired) electrons. The quantitative estimate of drug-likeness (QED) is 0.372. The molecule has 0 spiro atoms. The van der Waals surface area contributed by atoms with Gasteiger partial charge in [-0.05, 0) is 36.1 Å². The lowest BCUT2D eigenvalue weighted by Gasteiger charge is -2.36. The van der Waals surface area contributed by atoms with Gasteiger partial charge in [-0.25, -0.2) is 4.68 Å². The first-order chi connectivity index (χ1) is 16.8. The van der Waals surface area contributed by atoms with Crippen LogP contribution in [0.3, 0.4) is 0 Å². The van der Waals surface area contributed by atoms with Gasteiger partial charge in [0.05, 0.1) is 5.69 Å². The summed E-state index contributed by atoms with van der Waals surface area (Å²) >= 11 is 1.69. The van der Waals surface area contributed by atoms with Crippen LogP contribution in [0.2, 0.25) is 0 Å². The molecule has 5 nitrogen and oxygen atoms in total. The van der Waals surface area contributed by atoms with E-state index < -0.39 is 0 Å². The monoisotopic (exact) mass is 470 g/mol. The Kier molecular flexibility index (Phi) is 7.17. The second-order valence-electron chi connectivity index (χ2n) is 8.72. The van der Waals surface area contributed by atoms with Crippen molar-refractivity contribution in [1.29, 1.82) is 0 Å². The lowest BCUT2D eigenvalue weighted by atomic mass is 10.1. The first-order valence-corrected chi connectivity index (χ1v) is 12.9. The van der Waals surface area contributed by atoms with E-state index in [-0.39, 0.29) is 5.56 Å². The molecule has 1 fully saturated rings. The molecule has 0 atom stereocenters. The molecule has 0 saturated carbocycles. The summed E-state index contributed by atoms with van der Waals surface area (Å²) in [6, 6.07) is 26.9. The summed E-state index contributed by atoms with van der Waals surface area (Å²) in [6.07, 6.45) is 1.56. The van der Waals surface area contributed by atoms with E-state index in [9.17, 15) is 4.79 Å². The Morgan fingerprint density at radius 3 is 2.26 bits per heavy atom. The van der Waals surface area contributed by atoms with E-state index in [0.717, 1.165) is 56.0 Å². The van der Waals surface area contributed by atoms with Crippen molar-refractivity contribution in [1.82, 2.24) is 14.7 Å². The van der Waals surface area contributed by atoms with Crippen molar-refractivity contribution in [2.75, 3.05) is 37.6 Å². The molecule has 6 heteroatoms. The van der Waals surface area contributed by atoms with Crippen LogP contribution in [-0.2, 0) is 13.0 Å². The van der Waals surface area contributed by atoms with Crippen molar-refractivity contribution in [3.63, 3.8) is 0 Å². The van der Waals surface area contributed by atoms with Gasteiger partial charge in [0.15, 0.2) is 0 Å². The molecule has 0 unspecified atom stereocenters. The Balaban J connectivity index is 1.25. The number of thiophene rings is 1. The van der Waals surface area contributed by atoms with Crippen LogP contribution >= 0.6 is 11.3 Å². The number of aryl methyl sites for hydroxylation is 1. The summed E-state index contributed by atoms with van der Waals surface area (Å²) in [5, 5.41) is 6.81. The maximum absolute atomic E-state index is 13.2. The smallest absolute Gasteiger partial charge is 0.270 e. The summed E-state index contributed by atoms with van der Waals surface area (Å²) < 4.78 is 1.69. The molecule has 2 aromatic heterocycles. The van der Waals surface area contributed by atoms with Crippen molar-refractivity contribution in [2.24, 2.45) is 0 Å². The maximum atomic E-state index is 13.2. The van der Waals surface area contributed by atoms with Gasteiger partial charge in [-0.1, -0.05) is 54.6 Å². The lowest BCUT2D eigenvalue weighted by molar-refractivity contribution is 0.248. The van der Waals surface area contributed by atoms with Crippen molar-refractivity contribution in [2.45, 2.75) is 19.4 Å². The first-order valence-electron chi connectivity index (χ1n) is 12.0. The second kappa shape index (κ2) is 10.8. The van der Waals surface area contributed by atoms with E-state index in [1.165, 1.54) is 10.6 Å². The fourth-order valence-corrected chi connectivity index (χ4v) is 5.27. The minimum Gasteiger partial charge on any atom is -0.369 e. The van der Waals surface area contributed by atoms with Gasteiger partial charge in [0.25, 0.3) is 5.56 Å². The number of nitrogens with zero attached hydrogens (tertiary/aromatic N) is 4. The fraction of sp³-hybridized carbons (Fsp3) is 0.286. The van der Waals surface area contributed by atoms with Crippen LogP contribution in [0.1, 0.15) is 16.9 Å². The van der Waals surface area contributed by atoms with Crippen LogP contribution in [0.15, 0.2) is 89.0 Å². The number of anilines is 1. The number of para-hydroxylation sites is 1. The molecule has 1 saturated heterocycles. The molecule has 3 heterocycles. The number of hydrogen-bond donors (Lipinski definition) is 0. The Labute approximate surface area is 204 Å². The van der Waals surface area contributed by atoms with Crippen molar-refractivity contribution in [3.05, 3.63) is 105 Å². The third-order valence-corrected chi connectivity index (χ3v) is 7.28.